The predicted molar refractivity (Wildman–Crippen MR) is 77.0 cm³/mol. The van der Waals surface area contributed by atoms with Crippen LogP contribution in [0.15, 0.2) is 12.1 Å². The first kappa shape index (κ1) is 16.9. The van der Waals surface area contributed by atoms with Crippen molar-refractivity contribution in [3.8, 4) is 0 Å². The zero-order valence-electron chi connectivity index (χ0n) is 12.1. The standard InChI is InChI=1S/C14H19FN2O4/c1-3-4-5-6-7-16-12-8-10(14(18)21-2)11(15)9-13(12)17(19)20/h8-9,16H,3-7H2,1-2H3. The fraction of sp³-hybridized carbons (Fsp3) is 0.500. The summed E-state index contributed by atoms with van der Waals surface area (Å²) in [7, 11) is 1.13. The smallest absolute Gasteiger partial charge is 0.340 e. The Morgan fingerprint density at radius 1 is 1.38 bits per heavy atom. The lowest BCUT2D eigenvalue weighted by molar-refractivity contribution is -0.384. The van der Waals surface area contributed by atoms with Crippen LogP contribution in [0, 0.1) is 15.9 Å². The highest BCUT2D eigenvalue weighted by Gasteiger charge is 2.22. The molecule has 1 aromatic rings. The number of esters is 1. The van der Waals surface area contributed by atoms with E-state index >= 15 is 0 Å². The molecule has 0 aliphatic rings. The Bertz CT molecular complexity index is 520. The average molecular weight is 298 g/mol. The maximum atomic E-state index is 13.7. The molecule has 0 aliphatic carbocycles. The van der Waals surface area contributed by atoms with Crippen LogP contribution in [-0.2, 0) is 4.74 Å². The Labute approximate surface area is 122 Å². The van der Waals surface area contributed by atoms with Crippen LogP contribution in [0.4, 0.5) is 15.8 Å². The van der Waals surface area contributed by atoms with Crippen LogP contribution in [0.25, 0.3) is 0 Å². The van der Waals surface area contributed by atoms with Gasteiger partial charge in [0.15, 0.2) is 0 Å². The summed E-state index contributed by atoms with van der Waals surface area (Å²) in [6.07, 6.45) is 4.02. The molecule has 0 spiro atoms. The van der Waals surface area contributed by atoms with Gasteiger partial charge in [-0.2, -0.15) is 0 Å². The molecule has 0 bridgehead atoms. The summed E-state index contributed by atoms with van der Waals surface area (Å²) in [6.45, 7) is 2.61. The number of unbranched alkanes of at least 4 members (excludes halogenated alkanes) is 3. The Morgan fingerprint density at radius 2 is 2.10 bits per heavy atom. The number of rotatable bonds is 8. The third-order valence-corrected chi connectivity index (χ3v) is 3.03. The maximum absolute atomic E-state index is 13.7. The first-order valence-electron chi connectivity index (χ1n) is 6.81. The second-order valence-electron chi connectivity index (χ2n) is 4.59. The van der Waals surface area contributed by atoms with Gasteiger partial charge in [0.25, 0.3) is 5.69 Å². The van der Waals surface area contributed by atoms with E-state index in [0.717, 1.165) is 44.9 Å². The summed E-state index contributed by atoms with van der Waals surface area (Å²) >= 11 is 0. The largest absolute Gasteiger partial charge is 0.465 e. The van der Waals surface area contributed by atoms with Gasteiger partial charge >= 0.3 is 5.97 Å². The fourth-order valence-electron chi connectivity index (χ4n) is 1.90. The molecular weight excluding hydrogens is 279 g/mol. The molecule has 7 heteroatoms. The maximum Gasteiger partial charge on any atom is 0.340 e. The van der Waals surface area contributed by atoms with Gasteiger partial charge in [0.05, 0.1) is 23.7 Å². The van der Waals surface area contributed by atoms with Gasteiger partial charge in [0.2, 0.25) is 0 Å². The van der Waals surface area contributed by atoms with E-state index < -0.39 is 22.4 Å². The zero-order chi connectivity index (χ0) is 15.8. The van der Waals surface area contributed by atoms with E-state index in [4.69, 9.17) is 0 Å². The molecular formula is C14H19FN2O4. The first-order chi connectivity index (χ1) is 10.0. The lowest BCUT2D eigenvalue weighted by Crippen LogP contribution is -2.09. The van der Waals surface area contributed by atoms with Crippen molar-refractivity contribution < 1.29 is 18.8 Å². The highest BCUT2D eigenvalue weighted by atomic mass is 19.1. The van der Waals surface area contributed by atoms with Crippen LogP contribution in [0.5, 0.6) is 0 Å². The number of nitro benzene ring substituents is 1. The van der Waals surface area contributed by atoms with Crippen LogP contribution < -0.4 is 5.32 Å². The number of nitro groups is 1. The summed E-state index contributed by atoms with van der Waals surface area (Å²) in [5.41, 5.74) is -0.590. The number of methoxy groups -OCH3 is 1. The third-order valence-electron chi connectivity index (χ3n) is 3.03. The molecule has 21 heavy (non-hydrogen) atoms. The van der Waals surface area contributed by atoms with Gasteiger partial charge in [0.1, 0.15) is 11.5 Å². The van der Waals surface area contributed by atoms with Gasteiger partial charge < -0.3 is 10.1 Å². The fourth-order valence-corrected chi connectivity index (χ4v) is 1.90. The molecule has 0 saturated heterocycles. The van der Waals surface area contributed by atoms with Crippen LogP contribution in [0.2, 0.25) is 0 Å². The van der Waals surface area contributed by atoms with E-state index in [2.05, 4.69) is 17.0 Å². The second kappa shape index (κ2) is 8.18. The Morgan fingerprint density at radius 3 is 2.67 bits per heavy atom. The number of nitrogens with zero attached hydrogens (tertiary/aromatic N) is 1. The number of hydrogen-bond donors (Lipinski definition) is 1. The number of hydrogen-bond acceptors (Lipinski definition) is 5. The monoisotopic (exact) mass is 298 g/mol. The molecule has 0 aromatic heterocycles. The molecule has 0 amide bonds. The molecule has 0 radical (unpaired) electrons. The number of ether oxygens (including phenoxy) is 1. The number of benzene rings is 1. The van der Waals surface area contributed by atoms with Crippen molar-refractivity contribution >= 4 is 17.3 Å². The summed E-state index contributed by atoms with van der Waals surface area (Å²) in [6, 6.07) is 1.86. The summed E-state index contributed by atoms with van der Waals surface area (Å²) in [5.74, 6) is -1.83. The van der Waals surface area contributed by atoms with Crippen molar-refractivity contribution in [2.24, 2.45) is 0 Å². The highest BCUT2D eigenvalue weighted by Crippen LogP contribution is 2.28. The Balaban J connectivity index is 2.92. The second-order valence-corrected chi connectivity index (χ2v) is 4.59. The Hall–Kier alpha value is -2.18. The van der Waals surface area contributed by atoms with E-state index in [1.54, 1.807) is 0 Å². The van der Waals surface area contributed by atoms with Crippen molar-refractivity contribution in [1.29, 1.82) is 0 Å². The van der Waals surface area contributed by atoms with Crippen molar-refractivity contribution in [2.45, 2.75) is 32.6 Å². The minimum absolute atomic E-state index is 0.123. The van der Waals surface area contributed by atoms with Gasteiger partial charge in [-0.1, -0.05) is 26.2 Å². The van der Waals surface area contributed by atoms with E-state index in [-0.39, 0.29) is 11.3 Å². The molecule has 0 unspecified atom stereocenters. The predicted octanol–water partition coefficient (Wildman–Crippen LogP) is 3.51. The Kier molecular flexibility index (Phi) is 6.58. The molecule has 1 aromatic carbocycles. The molecule has 1 rings (SSSR count). The summed E-state index contributed by atoms with van der Waals surface area (Å²) < 4.78 is 18.1. The molecule has 0 atom stereocenters. The molecule has 0 aliphatic heterocycles. The number of carbonyl (C=O) groups is 1. The van der Waals surface area contributed by atoms with E-state index in [1.807, 2.05) is 0 Å². The van der Waals surface area contributed by atoms with Gasteiger partial charge in [-0.25, -0.2) is 9.18 Å². The quantitative estimate of drug-likeness (QED) is 0.344. The van der Waals surface area contributed by atoms with Crippen molar-refractivity contribution in [3.63, 3.8) is 0 Å². The van der Waals surface area contributed by atoms with Crippen LogP contribution in [0.3, 0.4) is 0 Å². The molecule has 0 saturated carbocycles. The van der Waals surface area contributed by atoms with Gasteiger partial charge in [-0.15, -0.1) is 0 Å². The molecule has 1 N–H and O–H groups in total. The highest BCUT2D eigenvalue weighted by molar-refractivity contribution is 5.91. The molecule has 6 nitrogen and oxygen atoms in total. The number of nitrogens with one attached hydrogen (secondary N) is 1. The SMILES string of the molecule is CCCCCCNc1cc(C(=O)OC)c(F)cc1[N+](=O)[O-]. The van der Waals surface area contributed by atoms with Crippen molar-refractivity contribution in [2.75, 3.05) is 19.0 Å². The van der Waals surface area contributed by atoms with E-state index in [0.29, 0.717) is 6.54 Å². The van der Waals surface area contributed by atoms with Crippen molar-refractivity contribution in [1.82, 2.24) is 0 Å². The summed E-state index contributed by atoms with van der Waals surface area (Å²) in [4.78, 5) is 21.7. The topological polar surface area (TPSA) is 81.5 Å². The minimum atomic E-state index is -0.968. The lowest BCUT2D eigenvalue weighted by atomic mass is 10.1. The summed E-state index contributed by atoms with van der Waals surface area (Å²) in [5, 5.41) is 13.8. The van der Waals surface area contributed by atoms with E-state index in [9.17, 15) is 19.3 Å². The van der Waals surface area contributed by atoms with Gasteiger partial charge in [-0.3, -0.25) is 10.1 Å². The normalized spacial score (nSPS) is 10.2. The van der Waals surface area contributed by atoms with Gasteiger partial charge in [0, 0.05) is 6.54 Å². The first-order valence-corrected chi connectivity index (χ1v) is 6.81. The number of halogens is 1. The lowest BCUT2D eigenvalue weighted by Gasteiger charge is -2.09. The molecule has 0 fully saturated rings. The van der Waals surface area contributed by atoms with Crippen LogP contribution >= 0.6 is 0 Å². The van der Waals surface area contributed by atoms with Crippen LogP contribution in [-0.4, -0.2) is 24.5 Å². The molecule has 0 heterocycles. The van der Waals surface area contributed by atoms with Crippen molar-refractivity contribution in [3.05, 3.63) is 33.6 Å². The molecule has 116 valence electrons. The zero-order valence-corrected chi connectivity index (χ0v) is 12.1. The minimum Gasteiger partial charge on any atom is -0.465 e. The number of anilines is 1. The van der Waals surface area contributed by atoms with Crippen LogP contribution in [0.1, 0.15) is 43.0 Å². The third kappa shape index (κ3) is 4.70. The van der Waals surface area contributed by atoms with E-state index in [1.165, 1.54) is 0 Å². The average Bonchev–Trinajstić information content (AvgIpc) is 2.47. The van der Waals surface area contributed by atoms with Gasteiger partial charge in [-0.05, 0) is 12.5 Å². The number of carbonyl (C=O) groups excluding carboxylic acids is 1.